The van der Waals surface area contributed by atoms with E-state index >= 15 is 0 Å². The second kappa shape index (κ2) is 8.78. The zero-order valence-corrected chi connectivity index (χ0v) is 20.9. The first kappa shape index (κ1) is 23.0. The highest BCUT2D eigenvalue weighted by Crippen LogP contribution is 2.32. The van der Waals surface area contributed by atoms with Crippen molar-refractivity contribution in [2.24, 2.45) is 0 Å². The SMILES string of the molecule is Cc1cc2nc(C)c(CCC(=O)N3CCCc4cc(S(=O)(=O)N5CCCC5)ccc43)c(C)n2n1. The number of rotatable bonds is 5. The number of aryl methyl sites for hydroxylation is 4. The van der Waals surface area contributed by atoms with Crippen LogP contribution in [0.3, 0.4) is 0 Å². The summed E-state index contributed by atoms with van der Waals surface area (Å²) < 4.78 is 29.4. The molecule has 34 heavy (non-hydrogen) atoms. The Labute approximate surface area is 200 Å². The number of amides is 1. The molecule has 0 radical (unpaired) electrons. The van der Waals surface area contributed by atoms with E-state index in [0.29, 0.717) is 37.4 Å². The average Bonchev–Trinajstić information content (AvgIpc) is 3.48. The molecule has 3 aromatic rings. The Kier molecular flexibility index (Phi) is 5.93. The second-order valence-corrected chi connectivity index (χ2v) is 11.3. The van der Waals surface area contributed by atoms with Crippen molar-refractivity contribution < 1.29 is 13.2 Å². The molecule has 0 unspecified atom stereocenters. The van der Waals surface area contributed by atoms with Crippen molar-refractivity contribution in [2.45, 2.75) is 64.2 Å². The molecule has 0 spiro atoms. The molecule has 1 aromatic carbocycles. The fourth-order valence-electron chi connectivity index (χ4n) is 5.24. The van der Waals surface area contributed by atoms with Crippen molar-refractivity contribution in [3.05, 3.63) is 52.5 Å². The minimum absolute atomic E-state index is 0.0478. The van der Waals surface area contributed by atoms with Gasteiger partial charge in [-0.3, -0.25) is 4.79 Å². The summed E-state index contributed by atoms with van der Waals surface area (Å²) in [6.45, 7) is 7.77. The van der Waals surface area contributed by atoms with Gasteiger partial charge in [-0.15, -0.1) is 0 Å². The molecule has 1 saturated heterocycles. The molecule has 1 fully saturated rings. The topological polar surface area (TPSA) is 87.9 Å². The Balaban J connectivity index is 1.36. The predicted octanol–water partition coefficient (Wildman–Crippen LogP) is 3.35. The molecular weight excluding hydrogens is 450 g/mol. The van der Waals surface area contributed by atoms with Gasteiger partial charge in [0, 0.05) is 49.2 Å². The van der Waals surface area contributed by atoms with Gasteiger partial charge in [-0.25, -0.2) is 17.9 Å². The van der Waals surface area contributed by atoms with E-state index in [9.17, 15) is 13.2 Å². The highest BCUT2D eigenvalue weighted by atomic mass is 32.2. The minimum atomic E-state index is -3.47. The van der Waals surface area contributed by atoms with Crippen molar-refractivity contribution >= 4 is 27.3 Å². The second-order valence-electron chi connectivity index (χ2n) is 9.37. The van der Waals surface area contributed by atoms with Crippen LogP contribution in [0.2, 0.25) is 0 Å². The first-order valence-corrected chi connectivity index (χ1v) is 13.5. The highest BCUT2D eigenvalue weighted by molar-refractivity contribution is 7.89. The Morgan fingerprint density at radius 2 is 1.79 bits per heavy atom. The number of fused-ring (bicyclic) bond motifs is 2. The van der Waals surface area contributed by atoms with Gasteiger partial charge in [0.05, 0.1) is 10.6 Å². The number of benzene rings is 1. The highest BCUT2D eigenvalue weighted by Gasteiger charge is 2.29. The molecule has 2 aliphatic rings. The van der Waals surface area contributed by atoms with Crippen molar-refractivity contribution in [1.82, 2.24) is 18.9 Å². The fourth-order valence-corrected chi connectivity index (χ4v) is 6.81. The van der Waals surface area contributed by atoms with Crippen LogP contribution in [0.5, 0.6) is 0 Å². The molecule has 2 aromatic heterocycles. The number of carbonyl (C=O) groups excluding carboxylic acids is 1. The van der Waals surface area contributed by atoms with Crippen LogP contribution in [0.15, 0.2) is 29.2 Å². The van der Waals surface area contributed by atoms with Crippen molar-refractivity contribution in [3.8, 4) is 0 Å². The van der Waals surface area contributed by atoms with Gasteiger partial charge in [0.1, 0.15) is 0 Å². The summed E-state index contributed by atoms with van der Waals surface area (Å²) in [5.74, 6) is 0.0478. The largest absolute Gasteiger partial charge is 0.312 e. The van der Waals surface area contributed by atoms with Gasteiger partial charge in [0.2, 0.25) is 15.9 Å². The zero-order valence-electron chi connectivity index (χ0n) is 20.0. The van der Waals surface area contributed by atoms with E-state index in [1.165, 1.54) is 0 Å². The molecule has 0 N–H and O–H groups in total. The molecule has 4 heterocycles. The Morgan fingerprint density at radius 3 is 2.56 bits per heavy atom. The van der Waals surface area contributed by atoms with Gasteiger partial charge in [-0.05, 0) is 82.2 Å². The van der Waals surface area contributed by atoms with E-state index in [1.807, 2.05) is 42.3 Å². The summed E-state index contributed by atoms with van der Waals surface area (Å²) in [5.41, 5.74) is 6.50. The fraction of sp³-hybridized carbons (Fsp3) is 0.480. The summed E-state index contributed by atoms with van der Waals surface area (Å²) in [5, 5.41) is 4.52. The smallest absolute Gasteiger partial charge is 0.243 e. The number of carbonyl (C=O) groups is 1. The number of aromatic nitrogens is 3. The molecule has 2 aliphatic heterocycles. The summed E-state index contributed by atoms with van der Waals surface area (Å²) in [6, 6.07) is 7.20. The van der Waals surface area contributed by atoms with Crippen LogP contribution < -0.4 is 4.90 Å². The summed E-state index contributed by atoms with van der Waals surface area (Å²) >= 11 is 0. The minimum Gasteiger partial charge on any atom is -0.312 e. The van der Waals surface area contributed by atoms with E-state index in [2.05, 4.69) is 10.1 Å². The standard InChI is InChI=1S/C25H31N5O3S/c1-17-15-24-26-18(2)22(19(3)30(24)27-17)9-11-25(31)29-14-6-7-20-16-21(8-10-23(20)29)34(32,33)28-12-4-5-13-28/h8,10,15-16H,4-7,9,11-14H2,1-3H3. The third kappa shape index (κ3) is 4.01. The van der Waals surface area contributed by atoms with Crippen LogP contribution in [0.1, 0.15) is 53.9 Å². The number of sulfonamides is 1. The van der Waals surface area contributed by atoms with E-state index in [4.69, 9.17) is 0 Å². The van der Waals surface area contributed by atoms with Gasteiger partial charge in [-0.2, -0.15) is 9.40 Å². The zero-order chi connectivity index (χ0) is 24.0. The molecule has 9 heteroatoms. The number of anilines is 1. The lowest BCUT2D eigenvalue weighted by Crippen LogP contribution is -2.36. The first-order valence-electron chi connectivity index (χ1n) is 12.0. The van der Waals surface area contributed by atoms with Gasteiger partial charge in [0.15, 0.2) is 5.65 Å². The molecule has 0 atom stereocenters. The Bertz CT molecular complexity index is 1370. The van der Waals surface area contributed by atoms with Crippen LogP contribution in [0, 0.1) is 20.8 Å². The van der Waals surface area contributed by atoms with Gasteiger partial charge in [0.25, 0.3) is 0 Å². The van der Waals surface area contributed by atoms with E-state index < -0.39 is 10.0 Å². The molecule has 0 bridgehead atoms. The average molecular weight is 482 g/mol. The maximum Gasteiger partial charge on any atom is 0.243 e. The third-order valence-corrected chi connectivity index (χ3v) is 8.94. The van der Waals surface area contributed by atoms with Crippen LogP contribution in [-0.2, 0) is 27.7 Å². The maximum atomic E-state index is 13.3. The van der Waals surface area contributed by atoms with Crippen molar-refractivity contribution in [1.29, 1.82) is 0 Å². The Morgan fingerprint density at radius 1 is 1.03 bits per heavy atom. The third-order valence-electron chi connectivity index (χ3n) is 7.05. The molecule has 1 amide bonds. The summed E-state index contributed by atoms with van der Waals surface area (Å²) in [4.78, 5) is 20.1. The number of hydrogen-bond acceptors (Lipinski definition) is 5. The quantitative estimate of drug-likeness (QED) is 0.558. The summed E-state index contributed by atoms with van der Waals surface area (Å²) in [7, 11) is -3.47. The molecule has 0 saturated carbocycles. The molecule has 5 rings (SSSR count). The van der Waals surface area contributed by atoms with Crippen molar-refractivity contribution in [3.63, 3.8) is 0 Å². The van der Waals surface area contributed by atoms with Crippen LogP contribution in [0.4, 0.5) is 5.69 Å². The molecular formula is C25H31N5O3S. The predicted molar refractivity (Wildman–Crippen MR) is 131 cm³/mol. The summed E-state index contributed by atoms with van der Waals surface area (Å²) in [6.07, 6.45) is 4.37. The lowest BCUT2D eigenvalue weighted by molar-refractivity contribution is -0.118. The molecule has 180 valence electrons. The maximum absolute atomic E-state index is 13.3. The molecule has 8 nitrogen and oxygen atoms in total. The number of hydrogen-bond donors (Lipinski definition) is 0. The Hall–Kier alpha value is -2.78. The normalized spacial score (nSPS) is 16.9. The number of nitrogens with zero attached hydrogens (tertiary/aromatic N) is 5. The van der Waals surface area contributed by atoms with E-state index in [-0.39, 0.29) is 5.91 Å². The van der Waals surface area contributed by atoms with E-state index in [1.54, 1.807) is 16.4 Å². The lowest BCUT2D eigenvalue weighted by Gasteiger charge is -2.30. The van der Waals surface area contributed by atoms with Gasteiger partial charge < -0.3 is 4.90 Å². The first-order chi connectivity index (χ1) is 16.3. The monoisotopic (exact) mass is 481 g/mol. The van der Waals surface area contributed by atoms with Crippen LogP contribution in [-0.4, -0.2) is 52.9 Å². The van der Waals surface area contributed by atoms with Gasteiger partial charge in [-0.1, -0.05) is 0 Å². The van der Waals surface area contributed by atoms with Crippen LogP contribution >= 0.6 is 0 Å². The van der Waals surface area contributed by atoms with Crippen LogP contribution in [0.25, 0.3) is 5.65 Å². The lowest BCUT2D eigenvalue weighted by atomic mass is 10.0. The van der Waals surface area contributed by atoms with Gasteiger partial charge >= 0.3 is 0 Å². The van der Waals surface area contributed by atoms with Crippen molar-refractivity contribution in [2.75, 3.05) is 24.5 Å². The van der Waals surface area contributed by atoms with E-state index in [0.717, 1.165) is 65.2 Å². The molecule has 0 aliphatic carbocycles.